The number of rotatable bonds is 2. The van der Waals surface area contributed by atoms with Gasteiger partial charge in [-0.1, -0.05) is 6.92 Å². The van der Waals surface area contributed by atoms with E-state index in [9.17, 15) is 0 Å². The van der Waals surface area contributed by atoms with E-state index in [0.29, 0.717) is 5.25 Å². The van der Waals surface area contributed by atoms with Crippen LogP contribution in [0.3, 0.4) is 0 Å². The minimum absolute atomic E-state index is 0.650. The van der Waals surface area contributed by atoms with E-state index in [0.717, 1.165) is 5.25 Å². The number of nitrogens with zero attached hydrogens (tertiary/aromatic N) is 1. The van der Waals surface area contributed by atoms with Crippen LogP contribution in [0, 0.1) is 6.92 Å². The van der Waals surface area contributed by atoms with E-state index in [2.05, 4.69) is 47.7 Å². The molecule has 2 heterocycles. The van der Waals surface area contributed by atoms with Gasteiger partial charge in [0.15, 0.2) is 0 Å². The summed E-state index contributed by atoms with van der Waals surface area (Å²) in [6, 6.07) is 0. The molecule has 1 aliphatic rings. The average Bonchev–Trinajstić information content (AvgIpc) is 2.65. The van der Waals surface area contributed by atoms with Crippen LogP contribution in [0.5, 0.6) is 0 Å². The Labute approximate surface area is 98.1 Å². The number of hydrogen-bond acceptors (Lipinski definition) is 4. The molecule has 2 unspecified atom stereocenters. The summed E-state index contributed by atoms with van der Waals surface area (Å²) in [7, 11) is 0. The molecule has 0 aromatic carbocycles. The van der Waals surface area contributed by atoms with E-state index in [-0.39, 0.29) is 0 Å². The van der Waals surface area contributed by atoms with Crippen molar-refractivity contribution in [2.24, 2.45) is 0 Å². The van der Waals surface area contributed by atoms with Gasteiger partial charge in [-0.15, -0.1) is 23.1 Å². The minimum atomic E-state index is 0.650. The van der Waals surface area contributed by atoms with Crippen molar-refractivity contribution in [3.63, 3.8) is 0 Å². The van der Waals surface area contributed by atoms with Crippen molar-refractivity contribution in [1.29, 1.82) is 0 Å². The van der Waals surface area contributed by atoms with Gasteiger partial charge in [0.1, 0.15) is 5.01 Å². The lowest BCUT2D eigenvalue weighted by Crippen LogP contribution is -2.18. The van der Waals surface area contributed by atoms with E-state index in [1.807, 2.05) is 11.3 Å². The third-order valence-electron chi connectivity index (χ3n) is 2.33. The van der Waals surface area contributed by atoms with Gasteiger partial charge in [0.05, 0.1) is 5.25 Å². The number of aryl methyl sites for hydroxylation is 1. The fraction of sp³-hybridized carbons (Fsp3) is 0.700. The Kier molecular flexibility index (Phi) is 3.79. The van der Waals surface area contributed by atoms with Crippen LogP contribution in [0.15, 0.2) is 5.38 Å². The highest BCUT2D eigenvalue weighted by Crippen LogP contribution is 2.44. The van der Waals surface area contributed by atoms with E-state index >= 15 is 0 Å². The number of aromatic nitrogens is 1. The van der Waals surface area contributed by atoms with E-state index in [4.69, 9.17) is 0 Å². The highest BCUT2D eigenvalue weighted by atomic mass is 32.2. The van der Waals surface area contributed by atoms with E-state index < -0.39 is 0 Å². The molecule has 14 heavy (non-hydrogen) atoms. The molecule has 1 nitrogen and oxygen atoms in total. The molecule has 1 fully saturated rings. The smallest absolute Gasteiger partial charge is 0.107 e. The molecule has 0 amide bonds. The van der Waals surface area contributed by atoms with Crippen molar-refractivity contribution in [3.05, 3.63) is 16.1 Å². The molecule has 2 atom stereocenters. The Morgan fingerprint density at radius 2 is 2.21 bits per heavy atom. The first kappa shape index (κ1) is 10.8. The third-order valence-corrected chi connectivity index (χ3v) is 6.78. The zero-order valence-corrected chi connectivity index (χ0v) is 11.0. The van der Waals surface area contributed by atoms with Gasteiger partial charge in [0.2, 0.25) is 0 Å². The minimum Gasteiger partial charge on any atom is -0.245 e. The summed E-state index contributed by atoms with van der Waals surface area (Å²) >= 11 is 6.04. The van der Waals surface area contributed by atoms with Gasteiger partial charge in [-0.25, -0.2) is 4.98 Å². The second-order valence-electron chi connectivity index (χ2n) is 3.44. The van der Waals surface area contributed by atoms with Crippen molar-refractivity contribution in [1.82, 2.24) is 4.98 Å². The topological polar surface area (TPSA) is 12.9 Å². The normalized spacial score (nSPS) is 27.9. The van der Waals surface area contributed by atoms with Gasteiger partial charge >= 0.3 is 0 Å². The second-order valence-corrected chi connectivity index (χ2v) is 6.92. The molecule has 0 saturated carbocycles. The standard InChI is InChI=1S/C10H15NS3/c1-3-8-9(13-5-4-12-8)10-11-7(2)6-14-10/h6,8-9H,3-5H2,1-2H3. The molecule has 0 N–H and O–H groups in total. The Bertz CT molecular complexity index is 297. The molecule has 1 aromatic heterocycles. The summed E-state index contributed by atoms with van der Waals surface area (Å²) in [5.41, 5.74) is 1.18. The monoisotopic (exact) mass is 245 g/mol. The van der Waals surface area contributed by atoms with Crippen molar-refractivity contribution < 1.29 is 0 Å². The van der Waals surface area contributed by atoms with Crippen LogP contribution in [0.25, 0.3) is 0 Å². The molecule has 0 spiro atoms. The largest absolute Gasteiger partial charge is 0.245 e. The first-order valence-corrected chi connectivity index (χ1v) is 7.94. The average molecular weight is 245 g/mol. The number of hydrogen-bond donors (Lipinski definition) is 0. The van der Waals surface area contributed by atoms with Crippen molar-refractivity contribution in [2.45, 2.75) is 30.8 Å². The summed E-state index contributed by atoms with van der Waals surface area (Å²) in [4.78, 5) is 4.62. The predicted octanol–water partition coefficient (Wildman–Crippen LogP) is 3.75. The van der Waals surface area contributed by atoms with Crippen LogP contribution in [0.4, 0.5) is 0 Å². The van der Waals surface area contributed by atoms with Crippen LogP contribution < -0.4 is 0 Å². The number of thioether (sulfide) groups is 2. The Balaban J connectivity index is 2.14. The van der Waals surface area contributed by atoms with Crippen molar-refractivity contribution in [3.8, 4) is 0 Å². The first-order valence-electron chi connectivity index (χ1n) is 4.96. The van der Waals surface area contributed by atoms with Gasteiger partial charge in [0.25, 0.3) is 0 Å². The van der Waals surface area contributed by atoms with Crippen molar-refractivity contribution in [2.75, 3.05) is 11.5 Å². The Hall–Kier alpha value is 0.330. The maximum absolute atomic E-state index is 4.62. The highest BCUT2D eigenvalue weighted by Gasteiger charge is 2.28. The maximum Gasteiger partial charge on any atom is 0.107 e. The van der Waals surface area contributed by atoms with Crippen molar-refractivity contribution >= 4 is 34.9 Å². The molecule has 78 valence electrons. The van der Waals surface area contributed by atoms with Crippen LogP contribution in [-0.2, 0) is 0 Å². The van der Waals surface area contributed by atoms with Crippen LogP contribution in [0.2, 0.25) is 0 Å². The summed E-state index contributed by atoms with van der Waals surface area (Å²) in [5.74, 6) is 2.59. The van der Waals surface area contributed by atoms with E-state index in [1.165, 1.54) is 28.6 Å². The maximum atomic E-state index is 4.62. The zero-order valence-electron chi connectivity index (χ0n) is 8.53. The number of thiazole rings is 1. The quantitative estimate of drug-likeness (QED) is 0.787. The Morgan fingerprint density at radius 3 is 2.86 bits per heavy atom. The molecule has 1 saturated heterocycles. The summed E-state index contributed by atoms with van der Waals surface area (Å²) in [6.45, 7) is 4.37. The molecular weight excluding hydrogens is 230 g/mol. The molecule has 0 radical (unpaired) electrons. The van der Waals surface area contributed by atoms with Crippen LogP contribution >= 0.6 is 34.9 Å². The van der Waals surface area contributed by atoms with Gasteiger partial charge in [-0.3, -0.25) is 0 Å². The molecule has 1 aromatic rings. The fourth-order valence-electron chi connectivity index (χ4n) is 1.63. The Morgan fingerprint density at radius 1 is 1.43 bits per heavy atom. The predicted molar refractivity (Wildman–Crippen MR) is 68.6 cm³/mol. The zero-order chi connectivity index (χ0) is 9.97. The summed E-state index contributed by atoms with van der Waals surface area (Å²) < 4.78 is 0. The summed E-state index contributed by atoms with van der Waals surface area (Å²) in [5, 5.41) is 4.94. The third kappa shape index (κ3) is 2.28. The molecule has 2 rings (SSSR count). The van der Waals surface area contributed by atoms with E-state index in [1.54, 1.807) is 0 Å². The molecule has 0 aliphatic carbocycles. The lowest BCUT2D eigenvalue weighted by Gasteiger charge is -2.28. The van der Waals surface area contributed by atoms with Gasteiger partial charge < -0.3 is 0 Å². The van der Waals surface area contributed by atoms with Crippen LogP contribution in [-0.4, -0.2) is 21.7 Å². The molecule has 4 heteroatoms. The highest BCUT2D eigenvalue weighted by molar-refractivity contribution is 8.06. The molecule has 1 aliphatic heterocycles. The lowest BCUT2D eigenvalue weighted by molar-refractivity contribution is 0.787. The van der Waals surface area contributed by atoms with Gasteiger partial charge in [0, 0.05) is 27.8 Å². The lowest BCUT2D eigenvalue weighted by atomic mass is 10.2. The first-order chi connectivity index (χ1) is 6.81. The SMILES string of the molecule is CCC1SCCSC1c1nc(C)cs1. The van der Waals surface area contributed by atoms with Crippen LogP contribution in [0.1, 0.15) is 29.3 Å². The van der Waals surface area contributed by atoms with Gasteiger partial charge in [-0.2, -0.15) is 11.8 Å². The summed E-state index contributed by atoms with van der Waals surface area (Å²) in [6.07, 6.45) is 1.26. The molecular formula is C10H15NS3. The van der Waals surface area contributed by atoms with Gasteiger partial charge in [-0.05, 0) is 13.3 Å². The fourth-order valence-corrected chi connectivity index (χ4v) is 5.87. The molecule has 0 bridgehead atoms. The second kappa shape index (κ2) is 4.90.